The summed E-state index contributed by atoms with van der Waals surface area (Å²) in [4.78, 5) is 0. The number of hydrogen-bond donors (Lipinski definition) is 2. The van der Waals surface area contributed by atoms with Crippen LogP contribution in [-0.4, -0.2) is 57.3 Å². The molecule has 0 aromatic carbocycles. The van der Waals surface area contributed by atoms with Crippen molar-refractivity contribution in [2.24, 2.45) is 11.5 Å². The Kier molecular flexibility index (Phi) is 9.91. The lowest BCUT2D eigenvalue weighted by Crippen LogP contribution is -2.29. The van der Waals surface area contributed by atoms with Gasteiger partial charge in [-0.3, -0.25) is 4.57 Å². The molecule has 0 rings (SSSR count). The fraction of sp³-hybridized carbons (Fsp3) is 1.00. The van der Waals surface area contributed by atoms with E-state index in [1.54, 1.807) is 13.8 Å². The maximum atomic E-state index is 12.6. The van der Waals surface area contributed by atoms with Crippen molar-refractivity contribution in [1.82, 2.24) is 4.67 Å². The van der Waals surface area contributed by atoms with Crippen molar-refractivity contribution in [3.63, 3.8) is 0 Å². The summed E-state index contributed by atoms with van der Waals surface area (Å²) in [6.45, 7) is 6.42. The first-order valence-corrected chi connectivity index (χ1v) is 8.40. The summed E-state index contributed by atoms with van der Waals surface area (Å²) in [5.74, 6) is 0. The summed E-state index contributed by atoms with van der Waals surface area (Å²) in [5.41, 5.74) is 11.0. The minimum absolute atomic E-state index is 0.191. The molecule has 0 aliphatic heterocycles. The van der Waals surface area contributed by atoms with Crippen LogP contribution in [0.2, 0.25) is 0 Å². The molecule has 2 unspecified atom stereocenters. The third kappa shape index (κ3) is 7.46. The van der Waals surface area contributed by atoms with E-state index in [4.69, 9.17) is 20.7 Å². The first-order valence-electron chi connectivity index (χ1n) is 6.38. The van der Waals surface area contributed by atoms with E-state index in [-0.39, 0.29) is 6.10 Å². The Labute approximate surface area is 110 Å². The van der Waals surface area contributed by atoms with Crippen molar-refractivity contribution in [1.29, 1.82) is 0 Å². The van der Waals surface area contributed by atoms with Crippen LogP contribution in [0.4, 0.5) is 0 Å². The summed E-state index contributed by atoms with van der Waals surface area (Å²) in [5, 5.41) is 0. The monoisotopic (exact) mass is 281 g/mol. The van der Waals surface area contributed by atoms with Crippen LogP contribution < -0.4 is 11.5 Å². The Bertz CT molecular complexity index is 246. The number of hydrogen-bond acceptors (Lipinski definition) is 5. The first-order chi connectivity index (χ1) is 8.47. The molecule has 0 amide bonds. The smallest absolute Gasteiger partial charge is 0.269 e. The Morgan fingerprint density at radius 2 is 1.72 bits per heavy atom. The second-order valence-corrected chi connectivity index (χ2v) is 6.79. The molecule has 0 saturated carbocycles. The van der Waals surface area contributed by atoms with Gasteiger partial charge in [0.1, 0.15) is 0 Å². The largest absolute Gasteiger partial charge is 0.382 e. The van der Waals surface area contributed by atoms with Gasteiger partial charge in [-0.2, -0.15) is 0 Å². The molecule has 110 valence electrons. The van der Waals surface area contributed by atoms with E-state index >= 15 is 0 Å². The summed E-state index contributed by atoms with van der Waals surface area (Å²) >= 11 is 0. The second-order valence-electron chi connectivity index (χ2n) is 4.41. The average molecular weight is 281 g/mol. The molecule has 7 heteroatoms. The lowest BCUT2D eigenvalue weighted by Gasteiger charge is -2.30. The number of nitrogens with two attached hydrogens (primary N) is 2. The molecule has 2 atom stereocenters. The molecule has 0 aliphatic carbocycles. The van der Waals surface area contributed by atoms with Crippen LogP contribution in [0, 0.1) is 0 Å². The Hall–Kier alpha value is 0.0300. The van der Waals surface area contributed by atoms with Gasteiger partial charge in [-0.1, -0.05) is 0 Å². The lowest BCUT2D eigenvalue weighted by molar-refractivity contribution is 0.0865. The zero-order chi connectivity index (χ0) is 14.0. The molecule has 0 aromatic heterocycles. The van der Waals surface area contributed by atoms with E-state index in [2.05, 4.69) is 0 Å². The van der Waals surface area contributed by atoms with Crippen LogP contribution in [0.25, 0.3) is 0 Å². The van der Waals surface area contributed by atoms with Crippen molar-refractivity contribution in [2.75, 3.05) is 46.6 Å². The highest BCUT2D eigenvalue weighted by atomic mass is 31.2. The van der Waals surface area contributed by atoms with E-state index in [0.29, 0.717) is 32.8 Å². The fourth-order valence-electron chi connectivity index (χ4n) is 1.69. The highest BCUT2D eigenvalue weighted by Crippen LogP contribution is 2.48. The highest BCUT2D eigenvalue weighted by molar-refractivity contribution is 7.55. The second kappa shape index (κ2) is 9.89. The van der Waals surface area contributed by atoms with Gasteiger partial charge >= 0.3 is 0 Å². The molecule has 0 saturated heterocycles. The maximum absolute atomic E-state index is 12.6. The van der Waals surface area contributed by atoms with E-state index in [0.717, 1.165) is 12.8 Å². The molecule has 6 nitrogen and oxygen atoms in total. The predicted molar refractivity (Wildman–Crippen MR) is 74.9 cm³/mol. The summed E-state index contributed by atoms with van der Waals surface area (Å²) in [7, 11) is -1.21. The van der Waals surface area contributed by atoms with Gasteiger partial charge in [0.25, 0.3) is 7.52 Å². The van der Waals surface area contributed by atoms with Crippen LogP contribution in [0.5, 0.6) is 0 Å². The van der Waals surface area contributed by atoms with Crippen molar-refractivity contribution in [3.05, 3.63) is 0 Å². The van der Waals surface area contributed by atoms with Crippen LogP contribution in [-0.2, 0) is 13.8 Å². The quantitative estimate of drug-likeness (QED) is 0.546. The predicted octanol–water partition coefficient (Wildman–Crippen LogP) is 0.860. The van der Waals surface area contributed by atoms with Crippen LogP contribution in [0.15, 0.2) is 0 Å². The molecule has 18 heavy (non-hydrogen) atoms. The normalized spacial score (nSPS) is 16.8. The molecule has 0 bridgehead atoms. The molecule has 0 aromatic rings. The van der Waals surface area contributed by atoms with Gasteiger partial charge in [0.15, 0.2) is 0 Å². The number of nitrogens with zero attached hydrogens (tertiary/aromatic N) is 1. The first kappa shape index (κ1) is 18.0. The Morgan fingerprint density at radius 3 is 2.11 bits per heavy atom. The van der Waals surface area contributed by atoms with Gasteiger partial charge in [-0.15, -0.1) is 0 Å². The third-order valence-corrected chi connectivity index (χ3v) is 4.71. The zero-order valence-corrected chi connectivity index (χ0v) is 12.7. The van der Waals surface area contributed by atoms with E-state index in [9.17, 15) is 4.57 Å². The van der Waals surface area contributed by atoms with Gasteiger partial charge in [0, 0.05) is 26.9 Å². The molecule has 0 heterocycles. The topological polar surface area (TPSA) is 90.8 Å². The summed E-state index contributed by atoms with van der Waals surface area (Å²) in [6, 6.07) is 0. The Morgan fingerprint density at radius 1 is 1.22 bits per heavy atom. The number of ether oxygens (including phenoxy) is 1. The molecule has 0 radical (unpaired) electrons. The van der Waals surface area contributed by atoms with E-state index < -0.39 is 7.52 Å². The van der Waals surface area contributed by atoms with E-state index in [1.807, 2.05) is 11.6 Å². The highest BCUT2D eigenvalue weighted by Gasteiger charge is 2.27. The van der Waals surface area contributed by atoms with Crippen molar-refractivity contribution < 1.29 is 13.8 Å². The number of methoxy groups -OCH3 is 1. The summed E-state index contributed by atoms with van der Waals surface area (Å²) < 4.78 is 25.0. The van der Waals surface area contributed by atoms with Gasteiger partial charge in [0.05, 0.1) is 12.7 Å². The minimum atomic E-state index is -2.81. The van der Waals surface area contributed by atoms with Gasteiger partial charge < -0.3 is 20.7 Å². The maximum Gasteiger partial charge on any atom is 0.269 e. The van der Waals surface area contributed by atoms with Crippen LogP contribution in [0.1, 0.15) is 19.8 Å². The fourth-order valence-corrected chi connectivity index (χ4v) is 3.56. The molecular weight excluding hydrogens is 253 g/mol. The van der Waals surface area contributed by atoms with Crippen molar-refractivity contribution in [2.45, 2.75) is 25.9 Å². The average Bonchev–Trinajstić information content (AvgIpc) is 2.28. The van der Waals surface area contributed by atoms with Crippen LogP contribution >= 0.6 is 7.52 Å². The molecule has 0 spiro atoms. The molecule has 4 N–H and O–H groups in total. The standard InChI is InChI=1S/C11H28N3O3P/c1-11(10-16-2)17-18(3,15)14(8-4-6-12)9-5-7-13/h11H,4-10,12-13H2,1-3H3. The zero-order valence-electron chi connectivity index (χ0n) is 11.8. The summed E-state index contributed by atoms with van der Waals surface area (Å²) in [6.07, 6.45) is 1.40. The van der Waals surface area contributed by atoms with Gasteiger partial charge in [-0.05, 0) is 32.9 Å². The minimum Gasteiger partial charge on any atom is -0.382 e. The SMILES string of the molecule is COCC(C)OP(C)(=O)N(CCCN)CCCN. The molecule has 0 fully saturated rings. The Balaban J connectivity index is 4.46. The van der Waals surface area contributed by atoms with Gasteiger partial charge in [0.2, 0.25) is 0 Å². The van der Waals surface area contributed by atoms with Crippen LogP contribution in [0.3, 0.4) is 0 Å². The van der Waals surface area contributed by atoms with Crippen molar-refractivity contribution in [3.8, 4) is 0 Å². The molecule has 0 aliphatic rings. The third-order valence-electron chi connectivity index (χ3n) is 2.53. The lowest BCUT2D eigenvalue weighted by atomic mass is 10.4. The van der Waals surface area contributed by atoms with Gasteiger partial charge in [-0.25, -0.2) is 4.67 Å². The van der Waals surface area contributed by atoms with Crippen molar-refractivity contribution >= 4 is 7.52 Å². The van der Waals surface area contributed by atoms with E-state index in [1.165, 1.54) is 0 Å². The molecular formula is C11H28N3O3P. The number of rotatable bonds is 11.